The van der Waals surface area contributed by atoms with Gasteiger partial charge in [0.05, 0.1) is 5.41 Å². The van der Waals surface area contributed by atoms with Crippen LogP contribution in [-0.2, 0) is 10.2 Å². The van der Waals surface area contributed by atoms with Crippen molar-refractivity contribution in [1.82, 2.24) is 10.1 Å². The summed E-state index contributed by atoms with van der Waals surface area (Å²) >= 11 is 0. The van der Waals surface area contributed by atoms with Crippen molar-refractivity contribution in [2.75, 3.05) is 13.7 Å². The summed E-state index contributed by atoms with van der Waals surface area (Å²) in [6.07, 6.45) is 8.39. The van der Waals surface area contributed by atoms with E-state index in [1.165, 1.54) is 32.1 Å². The Kier molecular flexibility index (Phi) is 3.58. The van der Waals surface area contributed by atoms with E-state index in [9.17, 15) is 0 Å². The van der Waals surface area contributed by atoms with Gasteiger partial charge in [0, 0.05) is 13.7 Å². The summed E-state index contributed by atoms with van der Waals surface area (Å²) in [5, 5.41) is 4.15. The van der Waals surface area contributed by atoms with Gasteiger partial charge in [-0.3, -0.25) is 0 Å². The molecule has 2 saturated carbocycles. The van der Waals surface area contributed by atoms with Gasteiger partial charge in [-0.1, -0.05) is 24.4 Å². The molecule has 1 aromatic rings. The zero-order chi connectivity index (χ0) is 13.3. The highest BCUT2D eigenvalue weighted by molar-refractivity contribution is 5.16. The van der Waals surface area contributed by atoms with Crippen LogP contribution < -0.4 is 5.73 Å². The minimum Gasteiger partial charge on any atom is -0.373 e. The SMILES string of the molecule is COC(c1noc(C2(CN)CC2)n1)C1CCCCC1. The van der Waals surface area contributed by atoms with Gasteiger partial charge in [-0.25, -0.2) is 0 Å². The van der Waals surface area contributed by atoms with Gasteiger partial charge < -0.3 is 15.0 Å². The van der Waals surface area contributed by atoms with Crippen molar-refractivity contribution >= 4 is 0 Å². The first-order valence-electron chi connectivity index (χ1n) is 7.36. The van der Waals surface area contributed by atoms with Crippen molar-refractivity contribution in [3.8, 4) is 0 Å². The summed E-state index contributed by atoms with van der Waals surface area (Å²) in [4.78, 5) is 4.58. The van der Waals surface area contributed by atoms with Crippen molar-refractivity contribution in [2.24, 2.45) is 11.7 Å². The van der Waals surface area contributed by atoms with E-state index in [-0.39, 0.29) is 11.5 Å². The van der Waals surface area contributed by atoms with Crippen LogP contribution in [-0.4, -0.2) is 23.8 Å². The number of ether oxygens (including phenoxy) is 1. The summed E-state index contributed by atoms with van der Waals surface area (Å²) in [5.74, 6) is 1.95. The highest BCUT2D eigenvalue weighted by Gasteiger charge is 2.48. The predicted molar refractivity (Wildman–Crippen MR) is 70.6 cm³/mol. The molecule has 106 valence electrons. The second-order valence-corrected chi connectivity index (χ2v) is 6.00. The molecule has 0 saturated heterocycles. The minimum atomic E-state index is -0.0316. The van der Waals surface area contributed by atoms with E-state index < -0.39 is 0 Å². The minimum absolute atomic E-state index is 0.0219. The Hall–Kier alpha value is -0.940. The van der Waals surface area contributed by atoms with Crippen molar-refractivity contribution in [1.29, 1.82) is 0 Å². The smallest absolute Gasteiger partial charge is 0.234 e. The van der Waals surface area contributed by atoms with Crippen LogP contribution in [0.5, 0.6) is 0 Å². The summed E-state index contributed by atoms with van der Waals surface area (Å²) in [6, 6.07) is 0. The summed E-state index contributed by atoms with van der Waals surface area (Å²) in [5.41, 5.74) is 5.77. The van der Waals surface area contributed by atoms with Crippen molar-refractivity contribution in [2.45, 2.75) is 56.5 Å². The van der Waals surface area contributed by atoms with Crippen LogP contribution in [0.25, 0.3) is 0 Å². The number of hydrogen-bond donors (Lipinski definition) is 1. The molecule has 0 radical (unpaired) electrons. The fourth-order valence-electron chi connectivity index (χ4n) is 3.17. The molecule has 5 heteroatoms. The summed E-state index contributed by atoms with van der Waals surface area (Å²) < 4.78 is 11.1. The molecule has 2 N–H and O–H groups in total. The molecule has 1 unspecified atom stereocenters. The topological polar surface area (TPSA) is 74.2 Å². The van der Waals surface area contributed by atoms with Crippen molar-refractivity contribution < 1.29 is 9.26 Å². The van der Waals surface area contributed by atoms with Crippen LogP contribution in [0.15, 0.2) is 4.52 Å². The maximum absolute atomic E-state index is 5.80. The molecule has 1 atom stereocenters. The third-order valence-electron chi connectivity index (χ3n) is 4.73. The zero-order valence-electron chi connectivity index (χ0n) is 11.6. The molecule has 0 aromatic carbocycles. The van der Waals surface area contributed by atoms with Gasteiger partial charge in [0.2, 0.25) is 11.7 Å². The quantitative estimate of drug-likeness (QED) is 0.884. The highest BCUT2D eigenvalue weighted by Crippen LogP contribution is 2.47. The van der Waals surface area contributed by atoms with Gasteiger partial charge >= 0.3 is 0 Å². The summed E-state index contributed by atoms with van der Waals surface area (Å²) in [6.45, 7) is 0.593. The molecule has 1 aromatic heterocycles. The number of aromatic nitrogens is 2. The Morgan fingerprint density at radius 3 is 2.68 bits per heavy atom. The number of nitrogens with zero attached hydrogens (tertiary/aromatic N) is 2. The molecule has 2 aliphatic carbocycles. The molecule has 1 heterocycles. The lowest BCUT2D eigenvalue weighted by Crippen LogP contribution is -2.21. The fourth-order valence-corrected chi connectivity index (χ4v) is 3.17. The zero-order valence-corrected chi connectivity index (χ0v) is 11.6. The molecule has 0 bridgehead atoms. The van der Waals surface area contributed by atoms with Crippen LogP contribution in [0.4, 0.5) is 0 Å². The fraction of sp³-hybridized carbons (Fsp3) is 0.857. The van der Waals surface area contributed by atoms with E-state index in [1.54, 1.807) is 7.11 Å². The number of nitrogens with two attached hydrogens (primary N) is 1. The van der Waals surface area contributed by atoms with Gasteiger partial charge in [-0.05, 0) is 31.6 Å². The van der Waals surface area contributed by atoms with Gasteiger partial charge in [0.1, 0.15) is 6.10 Å². The Labute approximate surface area is 113 Å². The summed E-state index contributed by atoms with van der Waals surface area (Å²) in [7, 11) is 1.74. The average Bonchev–Trinajstić information content (AvgIpc) is 3.12. The monoisotopic (exact) mass is 265 g/mol. The second-order valence-electron chi connectivity index (χ2n) is 6.00. The van der Waals surface area contributed by atoms with Gasteiger partial charge in [-0.15, -0.1) is 0 Å². The molecular weight excluding hydrogens is 242 g/mol. The standard InChI is InChI=1S/C14H23N3O2/c1-18-11(10-5-3-2-4-6-10)12-16-13(19-17-12)14(9-15)7-8-14/h10-11H,2-9,15H2,1H3. The van der Waals surface area contributed by atoms with E-state index in [0.717, 1.165) is 12.8 Å². The lowest BCUT2D eigenvalue weighted by atomic mass is 9.85. The Morgan fingerprint density at radius 2 is 2.11 bits per heavy atom. The van der Waals surface area contributed by atoms with E-state index >= 15 is 0 Å². The van der Waals surface area contributed by atoms with Crippen LogP contribution >= 0.6 is 0 Å². The molecule has 0 spiro atoms. The van der Waals surface area contributed by atoms with Crippen LogP contribution in [0, 0.1) is 5.92 Å². The van der Waals surface area contributed by atoms with Gasteiger partial charge in [0.25, 0.3) is 0 Å². The van der Waals surface area contributed by atoms with E-state index in [2.05, 4.69) is 10.1 Å². The highest BCUT2D eigenvalue weighted by atomic mass is 16.5. The predicted octanol–water partition coefficient (Wildman–Crippen LogP) is 2.33. The number of methoxy groups -OCH3 is 1. The molecule has 0 aliphatic heterocycles. The second kappa shape index (κ2) is 5.21. The Bertz CT molecular complexity index is 422. The first-order valence-corrected chi connectivity index (χ1v) is 7.36. The van der Waals surface area contributed by atoms with Crippen molar-refractivity contribution in [3.63, 3.8) is 0 Å². The molecule has 0 amide bonds. The maximum atomic E-state index is 5.80. The molecular formula is C14H23N3O2. The number of rotatable bonds is 5. The maximum Gasteiger partial charge on any atom is 0.234 e. The first-order chi connectivity index (χ1) is 9.29. The van der Waals surface area contributed by atoms with Crippen LogP contribution in [0.1, 0.15) is 62.8 Å². The molecule has 2 aliphatic rings. The third-order valence-corrected chi connectivity index (χ3v) is 4.73. The van der Waals surface area contributed by atoms with E-state index in [0.29, 0.717) is 24.2 Å². The largest absolute Gasteiger partial charge is 0.373 e. The van der Waals surface area contributed by atoms with E-state index in [4.69, 9.17) is 15.0 Å². The lowest BCUT2D eigenvalue weighted by molar-refractivity contribution is 0.0273. The Morgan fingerprint density at radius 1 is 1.37 bits per heavy atom. The first kappa shape index (κ1) is 13.1. The normalized spacial score (nSPS) is 24.3. The molecule has 3 rings (SSSR count). The van der Waals surface area contributed by atoms with E-state index in [1.807, 2.05) is 0 Å². The lowest BCUT2D eigenvalue weighted by Gasteiger charge is -2.26. The van der Waals surface area contributed by atoms with Crippen LogP contribution in [0.3, 0.4) is 0 Å². The van der Waals surface area contributed by atoms with Gasteiger partial charge in [-0.2, -0.15) is 4.98 Å². The average molecular weight is 265 g/mol. The van der Waals surface area contributed by atoms with Gasteiger partial charge in [0.15, 0.2) is 0 Å². The molecule has 19 heavy (non-hydrogen) atoms. The van der Waals surface area contributed by atoms with Crippen LogP contribution in [0.2, 0.25) is 0 Å². The molecule has 2 fully saturated rings. The molecule has 5 nitrogen and oxygen atoms in total. The Balaban J connectivity index is 1.76. The van der Waals surface area contributed by atoms with Crippen molar-refractivity contribution in [3.05, 3.63) is 11.7 Å². The number of hydrogen-bond acceptors (Lipinski definition) is 5. The third kappa shape index (κ3) is 2.41.